The molecule has 2 aromatic carbocycles. The van der Waals surface area contributed by atoms with E-state index in [1.54, 1.807) is 12.1 Å². The smallest absolute Gasteiger partial charge is 0.238 e. The first-order valence-electron chi connectivity index (χ1n) is 9.36. The lowest BCUT2D eigenvalue weighted by atomic mass is 10.2. The van der Waals surface area contributed by atoms with Crippen molar-refractivity contribution in [1.82, 2.24) is 4.90 Å². The summed E-state index contributed by atoms with van der Waals surface area (Å²) >= 11 is 6.34. The van der Waals surface area contributed by atoms with Gasteiger partial charge in [-0.3, -0.25) is 9.69 Å². The largest absolute Gasteiger partial charge is 0.490 e. The minimum absolute atomic E-state index is 0.0748. The molecule has 27 heavy (non-hydrogen) atoms. The maximum absolute atomic E-state index is 12.7. The number of halogens is 1. The number of nitrogens with one attached hydrogen (secondary N) is 1. The van der Waals surface area contributed by atoms with Crippen molar-refractivity contribution < 1.29 is 14.3 Å². The third-order valence-electron chi connectivity index (χ3n) is 4.75. The number of rotatable bonds is 6. The number of ether oxygens (including phenoxy) is 2. The van der Waals surface area contributed by atoms with Gasteiger partial charge < -0.3 is 14.8 Å². The second-order valence-electron chi connectivity index (χ2n) is 7.00. The summed E-state index contributed by atoms with van der Waals surface area (Å²) in [5.74, 6) is 1.17. The number of hydrogen-bond acceptors (Lipinski definition) is 4. The molecular formula is C21H23ClN2O3. The molecule has 0 spiro atoms. The average Bonchev–Trinajstić information content (AvgIpc) is 3.50. The van der Waals surface area contributed by atoms with E-state index in [4.69, 9.17) is 21.1 Å². The third kappa shape index (κ3) is 4.73. The van der Waals surface area contributed by atoms with E-state index in [1.807, 2.05) is 18.2 Å². The molecular weight excluding hydrogens is 364 g/mol. The molecule has 0 radical (unpaired) electrons. The SMILES string of the molecule is O=C(CN(Cc1ccccc1)C1CC1)Nc1cc2c(cc1Cl)OCCCO2. The molecule has 6 heteroatoms. The zero-order valence-corrected chi connectivity index (χ0v) is 15.9. The second kappa shape index (κ2) is 8.19. The van der Waals surface area contributed by atoms with Gasteiger partial charge >= 0.3 is 0 Å². The fourth-order valence-corrected chi connectivity index (χ4v) is 3.43. The molecule has 1 N–H and O–H groups in total. The summed E-state index contributed by atoms with van der Waals surface area (Å²) < 4.78 is 11.3. The van der Waals surface area contributed by atoms with Gasteiger partial charge in [0.05, 0.1) is 30.5 Å². The Morgan fingerprint density at radius 3 is 2.52 bits per heavy atom. The topological polar surface area (TPSA) is 50.8 Å². The summed E-state index contributed by atoms with van der Waals surface area (Å²) in [5.41, 5.74) is 1.77. The van der Waals surface area contributed by atoms with Crippen LogP contribution in [0.1, 0.15) is 24.8 Å². The van der Waals surface area contributed by atoms with E-state index >= 15 is 0 Å². The van der Waals surface area contributed by atoms with Crippen molar-refractivity contribution in [1.29, 1.82) is 0 Å². The van der Waals surface area contributed by atoms with Crippen molar-refractivity contribution in [3.8, 4) is 11.5 Å². The van der Waals surface area contributed by atoms with Crippen molar-refractivity contribution in [2.75, 3.05) is 25.1 Å². The number of carbonyl (C=O) groups excluding carboxylic acids is 1. The Balaban J connectivity index is 1.43. The number of hydrogen-bond donors (Lipinski definition) is 1. The van der Waals surface area contributed by atoms with E-state index in [1.165, 1.54) is 5.56 Å². The predicted octanol–water partition coefficient (Wildman–Crippen LogP) is 4.10. The van der Waals surface area contributed by atoms with Crippen LogP contribution in [0.15, 0.2) is 42.5 Å². The summed E-state index contributed by atoms with van der Waals surface area (Å²) in [7, 11) is 0. The second-order valence-corrected chi connectivity index (χ2v) is 7.41. The fourth-order valence-electron chi connectivity index (χ4n) is 3.23. The van der Waals surface area contributed by atoms with Gasteiger partial charge in [0.15, 0.2) is 11.5 Å². The Bertz CT molecular complexity index is 809. The van der Waals surface area contributed by atoms with Gasteiger partial charge in [-0.25, -0.2) is 0 Å². The number of carbonyl (C=O) groups is 1. The average molecular weight is 387 g/mol. The first kappa shape index (κ1) is 18.1. The number of anilines is 1. The Morgan fingerprint density at radius 2 is 1.81 bits per heavy atom. The van der Waals surface area contributed by atoms with E-state index in [-0.39, 0.29) is 5.91 Å². The lowest BCUT2D eigenvalue weighted by molar-refractivity contribution is -0.117. The molecule has 1 aliphatic carbocycles. The van der Waals surface area contributed by atoms with E-state index in [0.717, 1.165) is 25.8 Å². The molecule has 142 valence electrons. The number of fused-ring (bicyclic) bond motifs is 1. The minimum Gasteiger partial charge on any atom is -0.490 e. The van der Waals surface area contributed by atoms with Gasteiger partial charge in [0.2, 0.25) is 5.91 Å². The van der Waals surface area contributed by atoms with Crippen molar-refractivity contribution in [2.45, 2.75) is 31.8 Å². The molecule has 5 nitrogen and oxygen atoms in total. The molecule has 0 bridgehead atoms. The minimum atomic E-state index is -0.0748. The molecule has 2 aliphatic rings. The lowest BCUT2D eigenvalue weighted by Gasteiger charge is -2.22. The molecule has 1 aliphatic heterocycles. The van der Waals surface area contributed by atoms with E-state index in [9.17, 15) is 4.79 Å². The van der Waals surface area contributed by atoms with Crippen molar-refractivity contribution in [3.05, 3.63) is 53.1 Å². The van der Waals surface area contributed by atoms with Crippen LogP contribution in [0.25, 0.3) is 0 Å². The summed E-state index contributed by atoms with van der Waals surface area (Å²) in [6.07, 6.45) is 3.11. The molecule has 2 aromatic rings. The van der Waals surface area contributed by atoms with E-state index in [2.05, 4.69) is 22.3 Å². The van der Waals surface area contributed by atoms with Gasteiger partial charge in [-0.05, 0) is 18.4 Å². The lowest BCUT2D eigenvalue weighted by Crippen LogP contribution is -2.34. The molecule has 0 atom stereocenters. The highest BCUT2D eigenvalue weighted by molar-refractivity contribution is 6.34. The van der Waals surface area contributed by atoms with Crippen LogP contribution in [0.5, 0.6) is 11.5 Å². The summed E-state index contributed by atoms with van der Waals surface area (Å²) in [6, 6.07) is 14.2. The number of nitrogens with zero attached hydrogens (tertiary/aromatic N) is 1. The van der Waals surface area contributed by atoms with Gasteiger partial charge in [-0.1, -0.05) is 41.9 Å². The highest BCUT2D eigenvalue weighted by Gasteiger charge is 2.30. The monoisotopic (exact) mass is 386 g/mol. The molecule has 0 unspecified atom stereocenters. The number of benzene rings is 2. The summed E-state index contributed by atoms with van der Waals surface area (Å²) in [6.45, 7) is 2.30. The molecule has 1 heterocycles. The van der Waals surface area contributed by atoms with Crippen LogP contribution in [0.2, 0.25) is 5.02 Å². The van der Waals surface area contributed by atoms with E-state index in [0.29, 0.717) is 48.0 Å². The quantitative estimate of drug-likeness (QED) is 0.811. The van der Waals surface area contributed by atoms with Crippen LogP contribution in [-0.2, 0) is 11.3 Å². The summed E-state index contributed by atoms with van der Waals surface area (Å²) in [4.78, 5) is 14.9. The van der Waals surface area contributed by atoms with Crippen LogP contribution < -0.4 is 14.8 Å². The van der Waals surface area contributed by atoms with Gasteiger partial charge in [0, 0.05) is 31.1 Å². The normalized spacial score (nSPS) is 16.1. The first-order valence-corrected chi connectivity index (χ1v) is 9.74. The van der Waals surface area contributed by atoms with Gasteiger partial charge in [0.25, 0.3) is 0 Å². The Hall–Kier alpha value is -2.24. The maximum atomic E-state index is 12.7. The van der Waals surface area contributed by atoms with Crippen LogP contribution in [0.3, 0.4) is 0 Å². The van der Waals surface area contributed by atoms with Gasteiger partial charge in [0.1, 0.15) is 0 Å². The highest BCUT2D eigenvalue weighted by atomic mass is 35.5. The van der Waals surface area contributed by atoms with Crippen LogP contribution in [-0.4, -0.2) is 36.6 Å². The number of amides is 1. The van der Waals surface area contributed by atoms with Crippen LogP contribution >= 0.6 is 11.6 Å². The van der Waals surface area contributed by atoms with E-state index < -0.39 is 0 Å². The molecule has 1 saturated carbocycles. The molecule has 1 amide bonds. The zero-order chi connectivity index (χ0) is 18.6. The fraction of sp³-hybridized carbons (Fsp3) is 0.381. The standard InChI is InChI=1S/C21H23ClN2O3/c22-17-11-19-20(27-10-4-9-26-19)12-18(17)23-21(25)14-24(16-7-8-16)13-15-5-2-1-3-6-15/h1-3,5-6,11-12,16H,4,7-10,13-14H2,(H,23,25). The Labute approximate surface area is 164 Å². The highest BCUT2D eigenvalue weighted by Crippen LogP contribution is 2.37. The van der Waals surface area contributed by atoms with Crippen LogP contribution in [0.4, 0.5) is 5.69 Å². The first-order chi connectivity index (χ1) is 13.2. The maximum Gasteiger partial charge on any atom is 0.238 e. The molecule has 1 fully saturated rings. The Morgan fingerprint density at radius 1 is 1.11 bits per heavy atom. The van der Waals surface area contributed by atoms with Gasteiger partial charge in [-0.15, -0.1) is 0 Å². The summed E-state index contributed by atoms with van der Waals surface area (Å²) in [5, 5.41) is 3.38. The zero-order valence-electron chi connectivity index (χ0n) is 15.1. The van der Waals surface area contributed by atoms with Crippen molar-refractivity contribution in [3.63, 3.8) is 0 Å². The predicted molar refractivity (Wildman–Crippen MR) is 106 cm³/mol. The Kier molecular flexibility index (Phi) is 5.50. The van der Waals surface area contributed by atoms with Crippen molar-refractivity contribution in [2.24, 2.45) is 0 Å². The molecule has 4 rings (SSSR count). The molecule has 0 aromatic heterocycles. The van der Waals surface area contributed by atoms with Crippen LogP contribution in [0, 0.1) is 0 Å². The third-order valence-corrected chi connectivity index (χ3v) is 5.06. The molecule has 0 saturated heterocycles. The van der Waals surface area contributed by atoms with Gasteiger partial charge in [-0.2, -0.15) is 0 Å². The van der Waals surface area contributed by atoms with Crippen molar-refractivity contribution >= 4 is 23.2 Å².